The Kier molecular flexibility index (Phi) is 14.3. The van der Waals surface area contributed by atoms with Crippen molar-refractivity contribution >= 4 is 5.91 Å². The van der Waals surface area contributed by atoms with E-state index in [-0.39, 0.29) is 12.8 Å². The van der Waals surface area contributed by atoms with Gasteiger partial charge in [0.15, 0.2) is 0 Å². The van der Waals surface area contributed by atoms with Crippen LogP contribution in [0, 0.1) is 39.0 Å². The second-order valence-corrected chi connectivity index (χ2v) is 12.1. The van der Waals surface area contributed by atoms with E-state index in [2.05, 4.69) is 83.8 Å². The van der Waals surface area contributed by atoms with Gasteiger partial charge < -0.3 is 4.90 Å². The normalized spacial score (nSPS) is 13.9. The van der Waals surface area contributed by atoms with Crippen molar-refractivity contribution in [3.63, 3.8) is 0 Å². The molecule has 0 saturated carbocycles. The molecule has 1 saturated heterocycles. The van der Waals surface area contributed by atoms with Gasteiger partial charge in [0.05, 0.1) is 0 Å². The Morgan fingerprint density at radius 2 is 1.19 bits per heavy atom. The number of carbonyl (C=O) groups is 1. The highest BCUT2D eigenvalue weighted by Crippen LogP contribution is 2.23. The third kappa shape index (κ3) is 12.2. The number of pyridine rings is 1. The SMILES string of the molecule is C.CC1CCN(C(=O)C(C)(C)C)CC1.Cc1cc(C(C)C)cc(C)n1.Cc1cc(C)cc(C(C)C)c1. The number of benzene rings is 1. The van der Waals surface area contributed by atoms with Crippen LogP contribution in [-0.4, -0.2) is 28.9 Å². The summed E-state index contributed by atoms with van der Waals surface area (Å²) in [6.45, 7) is 27.4. The summed E-state index contributed by atoms with van der Waals surface area (Å²) in [5, 5.41) is 0. The number of hydrogen-bond acceptors (Lipinski definition) is 2. The van der Waals surface area contributed by atoms with E-state index in [0.717, 1.165) is 30.4 Å². The van der Waals surface area contributed by atoms with Gasteiger partial charge in [0, 0.05) is 29.9 Å². The summed E-state index contributed by atoms with van der Waals surface area (Å²) < 4.78 is 0. The van der Waals surface area contributed by atoms with Gasteiger partial charge in [-0.05, 0) is 81.5 Å². The molecule has 2 aromatic rings. The van der Waals surface area contributed by atoms with Crippen molar-refractivity contribution in [3.8, 4) is 0 Å². The number of carbonyl (C=O) groups excluding carboxylic acids is 1. The van der Waals surface area contributed by atoms with Crippen LogP contribution in [0.3, 0.4) is 0 Å². The van der Waals surface area contributed by atoms with Crippen molar-refractivity contribution in [1.29, 1.82) is 0 Å². The molecule has 0 aliphatic carbocycles. The van der Waals surface area contributed by atoms with Crippen molar-refractivity contribution in [1.82, 2.24) is 9.88 Å². The Morgan fingerprint density at radius 1 is 0.806 bits per heavy atom. The monoisotopic (exact) mass is 496 g/mol. The minimum absolute atomic E-state index is 0. The maximum Gasteiger partial charge on any atom is 0.227 e. The lowest BCUT2D eigenvalue weighted by molar-refractivity contribution is -0.140. The Morgan fingerprint density at radius 3 is 1.56 bits per heavy atom. The smallest absolute Gasteiger partial charge is 0.227 e. The largest absolute Gasteiger partial charge is 0.342 e. The van der Waals surface area contributed by atoms with Crippen molar-refractivity contribution in [3.05, 3.63) is 64.0 Å². The summed E-state index contributed by atoms with van der Waals surface area (Å²) in [6.07, 6.45) is 2.34. The molecule has 0 unspecified atom stereocenters. The zero-order valence-electron chi connectivity index (χ0n) is 24.7. The first-order valence-electron chi connectivity index (χ1n) is 13.4. The van der Waals surface area contributed by atoms with Crippen LogP contribution in [0.1, 0.15) is 121 Å². The van der Waals surface area contributed by atoms with E-state index in [1.165, 1.54) is 35.1 Å². The molecule has 2 heterocycles. The fourth-order valence-electron chi connectivity index (χ4n) is 4.23. The fourth-order valence-corrected chi connectivity index (χ4v) is 4.23. The number of amides is 1. The molecule has 0 radical (unpaired) electrons. The average molecular weight is 497 g/mol. The van der Waals surface area contributed by atoms with Gasteiger partial charge in [-0.2, -0.15) is 0 Å². The Labute approximate surface area is 224 Å². The number of aromatic nitrogens is 1. The molecule has 1 amide bonds. The van der Waals surface area contributed by atoms with Crippen molar-refractivity contribution in [2.45, 2.75) is 115 Å². The van der Waals surface area contributed by atoms with E-state index in [1.807, 2.05) is 39.5 Å². The maximum absolute atomic E-state index is 11.9. The van der Waals surface area contributed by atoms with Crippen molar-refractivity contribution < 1.29 is 4.79 Å². The molecule has 1 aromatic heterocycles. The highest BCUT2D eigenvalue weighted by Gasteiger charge is 2.29. The van der Waals surface area contributed by atoms with Gasteiger partial charge in [-0.25, -0.2) is 0 Å². The third-order valence-electron chi connectivity index (χ3n) is 6.39. The van der Waals surface area contributed by atoms with Gasteiger partial charge in [0.25, 0.3) is 0 Å². The lowest BCUT2D eigenvalue weighted by atomic mass is 9.92. The standard InChI is InChI=1S/C11H21NO.C11H16.C10H15N.CH4/c1-9-5-7-12(8-6-9)10(13)11(2,3)4;1-8(2)11-6-9(3)5-10(4)7-11;1-7(2)10-5-8(3)11-9(4)6-10;/h9H,5-8H2,1-4H3;5-8H,1-4H3;5-7H,1-4H3;1H4. The van der Waals surface area contributed by atoms with Crippen LogP contribution in [0.2, 0.25) is 0 Å². The second kappa shape index (κ2) is 15.2. The zero-order valence-corrected chi connectivity index (χ0v) is 24.7. The van der Waals surface area contributed by atoms with Gasteiger partial charge in [-0.15, -0.1) is 0 Å². The molecule has 3 nitrogen and oxygen atoms in total. The predicted octanol–water partition coefficient (Wildman–Crippen LogP) is 9.18. The first-order chi connectivity index (χ1) is 16.1. The summed E-state index contributed by atoms with van der Waals surface area (Å²) in [5.74, 6) is 2.35. The molecule has 1 aromatic carbocycles. The Balaban J connectivity index is 0.000000506. The summed E-state index contributed by atoms with van der Waals surface area (Å²) in [4.78, 5) is 18.2. The lowest BCUT2D eigenvalue weighted by Gasteiger charge is -2.34. The van der Waals surface area contributed by atoms with Crippen LogP contribution in [0.4, 0.5) is 0 Å². The van der Waals surface area contributed by atoms with Crippen LogP contribution >= 0.6 is 0 Å². The summed E-state index contributed by atoms with van der Waals surface area (Å²) in [5.41, 5.74) is 7.60. The number of hydrogen-bond donors (Lipinski definition) is 0. The molecule has 3 rings (SSSR count). The molecule has 1 aliphatic rings. The van der Waals surface area contributed by atoms with Gasteiger partial charge in [0.1, 0.15) is 0 Å². The molecule has 0 N–H and O–H groups in total. The van der Waals surface area contributed by atoms with Crippen LogP contribution in [0.25, 0.3) is 0 Å². The quantitative estimate of drug-likeness (QED) is 0.415. The van der Waals surface area contributed by atoms with Gasteiger partial charge in [-0.1, -0.05) is 92.1 Å². The predicted molar refractivity (Wildman–Crippen MR) is 159 cm³/mol. The van der Waals surface area contributed by atoms with E-state index in [4.69, 9.17) is 0 Å². The summed E-state index contributed by atoms with van der Waals surface area (Å²) >= 11 is 0. The minimum atomic E-state index is -0.208. The van der Waals surface area contributed by atoms with Gasteiger partial charge in [-0.3, -0.25) is 9.78 Å². The average Bonchev–Trinajstić information content (AvgIpc) is 2.72. The molecule has 3 heteroatoms. The molecule has 1 fully saturated rings. The minimum Gasteiger partial charge on any atom is -0.342 e. The van der Waals surface area contributed by atoms with E-state index in [0.29, 0.717) is 17.7 Å². The van der Waals surface area contributed by atoms with Gasteiger partial charge in [0.2, 0.25) is 5.91 Å². The van der Waals surface area contributed by atoms with E-state index >= 15 is 0 Å². The first-order valence-corrected chi connectivity index (χ1v) is 13.4. The topological polar surface area (TPSA) is 33.2 Å². The van der Waals surface area contributed by atoms with Crippen molar-refractivity contribution in [2.24, 2.45) is 11.3 Å². The van der Waals surface area contributed by atoms with Crippen molar-refractivity contribution in [2.75, 3.05) is 13.1 Å². The number of likely N-dealkylation sites (tertiary alicyclic amines) is 1. The van der Waals surface area contributed by atoms with Crippen LogP contribution in [0.15, 0.2) is 30.3 Å². The molecule has 204 valence electrons. The second-order valence-electron chi connectivity index (χ2n) is 12.1. The maximum atomic E-state index is 11.9. The van der Waals surface area contributed by atoms with E-state index in [1.54, 1.807) is 0 Å². The first kappa shape index (κ1) is 33.8. The van der Waals surface area contributed by atoms with Crippen LogP contribution in [0.5, 0.6) is 0 Å². The van der Waals surface area contributed by atoms with Crippen LogP contribution in [-0.2, 0) is 4.79 Å². The third-order valence-corrected chi connectivity index (χ3v) is 6.39. The number of piperidine rings is 1. The fraction of sp³-hybridized carbons (Fsp3) is 0.636. The van der Waals surface area contributed by atoms with E-state index < -0.39 is 0 Å². The Hall–Kier alpha value is -2.16. The summed E-state index contributed by atoms with van der Waals surface area (Å²) in [7, 11) is 0. The molecule has 0 atom stereocenters. The number of rotatable bonds is 2. The van der Waals surface area contributed by atoms with Crippen LogP contribution < -0.4 is 0 Å². The highest BCUT2D eigenvalue weighted by molar-refractivity contribution is 5.81. The highest BCUT2D eigenvalue weighted by atomic mass is 16.2. The number of aryl methyl sites for hydroxylation is 4. The molecule has 1 aliphatic heterocycles. The van der Waals surface area contributed by atoms with Gasteiger partial charge >= 0.3 is 0 Å². The Bertz CT molecular complexity index is 833. The molecular formula is C33H56N2O. The lowest BCUT2D eigenvalue weighted by Crippen LogP contribution is -2.43. The van der Waals surface area contributed by atoms with E-state index in [9.17, 15) is 4.79 Å². The zero-order chi connectivity index (χ0) is 26.9. The molecular weight excluding hydrogens is 440 g/mol. The molecule has 0 bridgehead atoms. The summed E-state index contributed by atoms with van der Waals surface area (Å²) in [6, 6.07) is 11.0. The molecule has 0 spiro atoms. The number of nitrogens with zero attached hydrogens (tertiary/aromatic N) is 2. The molecule has 36 heavy (non-hydrogen) atoms.